The smallest absolute Gasteiger partial charge is 0.344 e. The number of aryl methyl sites for hydroxylation is 1. The molecule has 1 aliphatic carbocycles. The Bertz CT molecular complexity index is 4900. The average Bonchev–Trinajstić information content (AvgIpc) is 1.65. The number of anilines is 3. The van der Waals surface area contributed by atoms with Crippen LogP contribution >= 0.6 is 35.2 Å². The molecule has 0 radical (unpaired) electrons. The summed E-state index contributed by atoms with van der Waals surface area (Å²) in [5.41, 5.74) is -1.33. The normalized spacial score (nSPS) is 16.8. The van der Waals surface area contributed by atoms with Crippen LogP contribution in [0, 0.1) is 11.8 Å². The molecule has 6 heterocycles. The van der Waals surface area contributed by atoms with Crippen LogP contribution in [0.3, 0.4) is 0 Å². The van der Waals surface area contributed by atoms with Gasteiger partial charge in [0.05, 0.1) is 139 Å². The highest BCUT2D eigenvalue weighted by Gasteiger charge is 2.48. The zero-order valence-corrected chi connectivity index (χ0v) is 87.1. The van der Waals surface area contributed by atoms with Crippen LogP contribution in [0.1, 0.15) is 192 Å². The van der Waals surface area contributed by atoms with Gasteiger partial charge in [0, 0.05) is 101 Å². The van der Waals surface area contributed by atoms with Crippen LogP contribution in [0.5, 0.6) is 17.6 Å². The van der Waals surface area contributed by atoms with Crippen molar-refractivity contribution in [3.05, 3.63) is 48.0 Å². The summed E-state index contributed by atoms with van der Waals surface area (Å²) in [5, 5.41) is 0. The van der Waals surface area contributed by atoms with Gasteiger partial charge in [-0.05, 0) is 127 Å². The van der Waals surface area contributed by atoms with Crippen LogP contribution in [-0.4, -0.2) is 354 Å². The molecule has 804 valence electrons. The Morgan fingerprint density at radius 1 is 0.386 bits per heavy atom. The molecular weight excluding hydrogens is 1970 g/mol. The second kappa shape index (κ2) is 60.1. The third-order valence-electron chi connectivity index (χ3n) is 22.8. The molecule has 3 amide bonds. The number of unbranched alkanes of at least 4 members (excludes halogenated alkanes) is 1. The average molecular weight is 2100 g/mol. The molecule has 1 aromatic carbocycles. The Morgan fingerprint density at radius 3 is 1.06 bits per heavy atom. The number of benzene rings is 1. The van der Waals surface area contributed by atoms with Crippen LogP contribution in [0.15, 0.2) is 42.5 Å². The van der Waals surface area contributed by atoms with Crippen molar-refractivity contribution in [1.29, 1.82) is 0 Å². The van der Waals surface area contributed by atoms with Crippen molar-refractivity contribution in [1.82, 2.24) is 40.9 Å². The molecule has 0 N–H and O–H groups in total. The topological polar surface area (TPSA) is 545 Å². The summed E-state index contributed by atoms with van der Waals surface area (Å²) in [6.07, 6.45) is -5.86. The SMILES string of the molecule is CC(=O)N(C[C@@H](COc1nsnc1N1CCOCC1)OC(=O)CCC(=O)OCC(=O)OCC(=O)O[C@@H](CCc1ccccc1)CC[C@@H]1[C@@H](C/C=C\CCCC(=O)OC(C)C)[C@@H](OC(=O)COC(=O)COC(=O)CCC(=O)O[C@H](COc2nsnc2N2CCOCC2)CN(C(C)=O)C(C)(C)C)C[C@H]1OC(=O)COC(=O)COC(=O)CCC(=O)O[C@H](COc1nsnc1N1CCOCC1)CN(C(C)=O)C(C)(C)C)C(C)(C)C. The van der Waals surface area contributed by atoms with Gasteiger partial charge in [0.2, 0.25) is 35.2 Å². The summed E-state index contributed by atoms with van der Waals surface area (Å²) in [5.74, 6) is -13.8. The van der Waals surface area contributed by atoms with Gasteiger partial charge < -0.3 is 119 Å². The lowest BCUT2D eigenvalue weighted by atomic mass is 9.85. The number of rotatable bonds is 58. The summed E-state index contributed by atoms with van der Waals surface area (Å²) >= 11 is 2.75. The molecule has 4 fully saturated rings. The molecule has 0 spiro atoms. The van der Waals surface area contributed by atoms with Crippen molar-refractivity contribution >= 4 is 148 Å². The van der Waals surface area contributed by atoms with Crippen LogP contribution in [0.2, 0.25) is 0 Å². The molecule has 3 saturated heterocycles. The monoisotopic (exact) mass is 2100 g/mol. The number of amides is 3. The van der Waals surface area contributed by atoms with Crippen LogP contribution in [0.4, 0.5) is 17.5 Å². The fourth-order valence-electron chi connectivity index (χ4n) is 15.8. The minimum atomic E-state index is -1.23. The van der Waals surface area contributed by atoms with Gasteiger partial charge in [-0.15, -0.1) is 13.1 Å². The van der Waals surface area contributed by atoms with E-state index < -0.39 is 221 Å². The Kier molecular flexibility index (Phi) is 48.9. The third kappa shape index (κ3) is 43.2. The van der Waals surface area contributed by atoms with E-state index in [0.29, 0.717) is 116 Å². The fraction of sp³-hybridized carbons (Fsp3) is 0.684. The standard InChI is InChI=1S/C95H136N12O35S3/c1-61(2)136-77(114)25-21-16-15-20-24-70-71(29-28-66(27-26-65-22-18-17-19-23-65)137-84(121)58-130-81(118)55-127-74(111)30-33-78(115)138-67(49-105(62(3)108)93(6,7)8)52-133-90-87(96-143-99-90)102-36-42-124-43-37-102)73(142-86(123)60-132-83(120)57-129-76(113)32-35-80(117)140-69(51-107(64(5)110)95(12,13)14)54-135-92-89(98-145-101-92)104-40-46-126-47-41-104)48-72(70)141-85(122)59-131-82(119)56-128-75(112)31-34-79(116)139-68(50-106(63(4)109)94(9,10)11)53-134-91-88(97-144-100-91)103-38-44-125-45-39-103/h15,17-20,22-23,61,66-73H,16,21,24-60H2,1-14H3/b20-15-/t66-,67-,68-,69-,70+,71+,72-,73+/m0/s1. The zero-order valence-electron chi connectivity index (χ0n) is 84.7. The first-order valence-electron chi connectivity index (χ1n) is 48.1. The van der Waals surface area contributed by atoms with E-state index in [2.05, 4.69) is 26.2 Å². The second-order valence-electron chi connectivity index (χ2n) is 37.6. The number of morpholine rings is 3. The Morgan fingerprint density at radius 2 is 0.710 bits per heavy atom. The number of hydrogen-bond acceptors (Lipinski definition) is 47. The molecule has 8 rings (SSSR count). The van der Waals surface area contributed by atoms with Crippen molar-refractivity contribution < 1.29 is 167 Å². The van der Waals surface area contributed by atoms with E-state index >= 15 is 0 Å². The van der Waals surface area contributed by atoms with Gasteiger partial charge in [0.15, 0.2) is 58.0 Å². The molecule has 3 aromatic heterocycles. The molecule has 50 heteroatoms. The Labute approximate surface area is 854 Å². The van der Waals surface area contributed by atoms with Gasteiger partial charge in [-0.3, -0.25) is 47.9 Å². The molecule has 3 aliphatic heterocycles. The molecule has 0 bridgehead atoms. The number of esters is 13. The van der Waals surface area contributed by atoms with E-state index in [1.807, 2.05) is 26.8 Å². The summed E-state index contributed by atoms with van der Waals surface area (Å²) in [6.45, 7) is 22.3. The highest BCUT2D eigenvalue weighted by atomic mass is 32.1. The molecule has 4 aliphatic rings. The van der Waals surface area contributed by atoms with Crippen LogP contribution < -0.4 is 28.9 Å². The minimum Gasteiger partial charge on any atom is -0.470 e. The van der Waals surface area contributed by atoms with E-state index in [9.17, 15) is 76.7 Å². The molecule has 47 nitrogen and oxygen atoms in total. The van der Waals surface area contributed by atoms with Gasteiger partial charge >= 0.3 is 77.6 Å². The molecule has 0 unspecified atom stereocenters. The Balaban J connectivity index is 0.926. The Hall–Kier alpha value is -12.2. The maximum atomic E-state index is 14.1. The number of ether oxygens (including phenoxy) is 19. The van der Waals surface area contributed by atoms with Gasteiger partial charge in [-0.25, -0.2) is 28.8 Å². The largest absolute Gasteiger partial charge is 0.470 e. The van der Waals surface area contributed by atoms with Gasteiger partial charge in [-0.2, -0.15) is 13.1 Å². The zero-order chi connectivity index (χ0) is 106. The second-order valence-corrected chi connectivity index (χ2v) is 39.2. The molecule has 8 atom stereocenters. The highest BCUT2D eigenvalue weighted by molar-refractivity contribution is 7.00. The van der Waals surface area contributed by atoms with E-state index in [0.717, 1.165) is 40.7 Å². The predicted octanol–water partition coefficient (Wildman–Crippen LogP) is 6.42. The number of allylic oxidation sites excluding steroid dienone is 2. The molecule has 145 heavy (non-hydrogen) atoms. The lowest BCUT2D eigenvalue weighted by molar-refractivity contribution is -0.169. The lowest BCUT2D eigenvalue weighted by Gasteiger charge is -2.37. The molecule has 4 aromatic rings. The van der Waals surface area contributed by atoms with Crippen molar-refractivity contribution in [3.63, 3.8) is 0 Å². The van der Waals surface area contributed by atoms with Crippen molar-refractivity contribution in [2.45, 2.75) is 253 Å². The summed E-state index contributed by atoms with van der Waals surface area (Å²) in [6, 6.07) is 9.06. The fourth-order valence-corrected chi connectivity index (χ4v) is 17.3. The number of carbonyl (C=O) groups is 16. The van der Waals surface area contributed by atoms with E-state index in [4.69, 9.17) is 90.0 Å². The van der Waals surface area contributed by atoms with Crippen molar-refractivity contribution in [2.75, 3.05) is 173 Å². The van der Waals surface area contributed by atoms with Gasteiger partial charge in [-0.1, -0.05) is 42.5 Å². The third-order valence-corrected chi connectivity index (χ3v) is 24.3. The molecule has 1 saturated carbocycles. The molecular formula is C95H136N12O35S3. The summed E-state index contributed by atoms with van der Waals surface area (Å²) < 4.78 is 132. The summed E-state index contributed by atoms with van der Waals surface area (Å²) in [4.78, 5) is 223. The quantitative estimate of drug-likeness (QED) is 0.0199. The maximum Gasteiger partial charge on any atom is 0.344 e. The first-order chi connectivity index (χ1) is 68.9. The number of nitrogens with zero attached hydrogens (tertiary/aromatic N) is 12. The van der Waals surface area contributed by atoms with Crippen LogP contribution in [-0.2, 0) is 159 Å². The number of carbonyl (C=O) groups excluding carboxylic acids is 16. The van der Waals surface area contributed by atoms with E-state index in [1.54, 1.807) is 107 Å². The maximum absolute atomic E-state index is 14.1. The summed E-state index contributed by atoms with van der Waals surface area (Å²) in [7, 11) is 0. The van der Waals surface area contributed by atoms with Crippen LogP contribution in [0.25, 0.3) is 0 Å². The predicted molar refractivity (Wildman–Crippen MR) is 514 cm³/mol. The first-order valence-corrected chi connectivity index (χ1v) is 50.3. The number of aromatic nitrogens is 6. The van der Waals surface area contributed by atoms with Gasteiger partial charge in [0.1, 0.15) is 38.1 Å². The number of hydrogen-bond donors (Lipinski definition) is 0. The van der Waals surface area contributed by atoms with Gasteiger partial charge in [0.25, 0.3) is 17.6 Å². The van der Waals surface area contributed by atoms with E-state index in [-0.39, 0.29) is 119 Å². The first kappa shape index (κ1) is 118. The highest BCUT2D eigenvalue weighted by Crippen LogP contribution is 2.43. The van der Waals surface area contributed by atoms with Crippen molar-refractivity contribution in [3.8, 4) is 17.6 Å². The van der Waals surface area contributed by atoms with Crippen molar-refractivity contribution in [2.24, 2.45) is 11.8 Å². The minimum absolute atomic E-state index is 0.000695. The van der Waals surface area contributed by atoms with E-state index in [1.165, 1.54) is 35.5 Å². The lowest BCUT2D eigenvalue weighted by Crippen LogP contribution is -2.50.